The van der Waals surface area contributed by atoms with E-state index in [0.29, 0.717) is 158 Å². The summed E-state index contributed by atoms with van der Waals surface area (Å²) in [6, 6.07) is 0. The Hall–Kier alpha value is -3.13. The molecule has 2 amide bonds. The summed E-state index contributed by atoms with van der Waals surface area (Å²) in [5.41, 5.74) is 0. The molecule has 2 rings (SSSR count). The fourth-order valence-electron chi connectivity index (χ4n) is 6.23. The van der Waals surface area contributed by atoms with Crippen LogP contribution in [0.2, 0.25) is 0 Å². The highest BCUT2D eigenvalue weighted by Crippen LogP contribution is 2.09. The Morgan fingerprint density at radius 2 is 0.656 bits per heavy atom. The molecule has 0 atom stereocenters. The summed E-state index contributed by atoms with van der Waals surface area (Å²) in [6.07, 6.45) is 2.60. The summed E-state index contributed by atoms with van der Waals surface area (Å²) in [7, 11) is 0. The number of aliphatic carboxylic acids is 3. The average molecular weight is 881 g/mol. The molecule has 0 radical (unpaired) electrons. The van der Waals surface area contributed by atoms with E-state index in [1.54, 1.807) is 14.7 Å². The van der Waals surface area contributed by atoms with E-state index in [1.165, 1.54) is 0 Å². The van der Waals surface area contributed by atoms with Gasteiger partial charge in [-0.1, -0.05) is 0 Å². The van der Waals surface area contributed by atoms with Gasteiger partial charge in [-0.05, 0) is 12.8 Å². The van der Waals surface area contributed by atoms with E-state index in [0.717, 1.165) is 25.9 Å². The highest BCUT2D eigenvalue weighted by atomic mass is 16.6. The van der Waals surface area contributed by atoms with Crippen molar-refractivity contribution in [2.75, 3.05) is 204 Å². The molecule has 22 heteroatoms. The number of carboxylic acid groups (broad SMARTS) is 3. The van der Waals surface area contributed by atoms with Crippen LogP contribution in [0.15, 0.2) is 0 Å². The third-order valence-electron chi connectivity index (χ3n) is 9.47. The first-order valence-electron chi connectivity index (χ1n) is 21.3. The molecule has 0 bridgehead atoms. The molecule has 2 saturated heterocycles. The van der Waals surface area contributed by atoms with Gasteiger partial charge in [-0.15, -0.1) is 0 Å². The quantitative estimate of drug-likeness (QED) is 0.0490. The summed E-state index contributed by atoms with van der Waals surface area (Å²) in [5, 5.41) is 30.9. The minimum absolute atomic E-state index is 0.0333. The number of carboxylic acids is 3. The summed E-state index contributed by atoms with van der Waals surface area (Å²) < 4.78 is 43.9. The maximum Gasteiger partial charge on any atom is 0.317 e. The van der Waals surface area contributed by atoms with Crippen LogP contribution >= 0.6 is 0 Å². The van der Waals surface area contributed by atoms with Crippen LogP contribution in [0.5, 0.6) is 0 Å². The van der Waals surface area contributed by atoms with Crippen LogP contribution in [0.3, 0.4) is 0 Å². The largest absolute Gasteiger partial charge is 0.480 e. The van der Waals surface area contributed by atoms with Gasteiger partial charge < -0.3 is 63.4 Å². The van der Waals surface area contributed by atoms with Gasteiger partial charge in [-0.3, -0.25) is 43.6 Å². The maximum atomic E-state index is 12.8. The smallest absolute Gasteiger partial charge is 0.317 e. The molecule has 0 unspecified atom stereocenters. The van der Waals surface area contributed by atoms with Crippen molar-refractivity contribution >= 4 is 29.7 Å². The lowest BCUT2D eigenvalue weighted by atomic mass is 10.3. The first-order valence-corrected chi connectivity index (χ1v) is 21.3. The number of ether oxygens (including phenoxy) is 8. The Morgan fingerprint density at radius 3 is 0.967 bits per heavy atom. The molecule has 61 heavy (non-hydrogen) atoms. The maximum absolute atomic E-state index is 12.8. The number of carbonyl (C=O) groups excluding carboxylic acids is 2. The number of rotatable bonds is 35. The molecule has 0 spiro atoms. The van der Waals surface area contributed by atoms with Gasteiger partial charge in [0.1, 0.15) is 0 Å². The van der Waals surface area contributed by atoms with E-state index < -0.39 is 17.9 Å². The summed E-state index contributed by atoms with van der Waals surface area (Å²) in [6.45, 7) is 10.7. The third kappa shape index (κ3) is 31.4. The lowest BCUT2D eigenvalue weighted by molar-refractivity contribution is -0.140. The summed E-state index contributed by atoms with van der Waals surface area (Å²) in [5.74, 6) is -3.12. The van der Waals surface area contributed by atoms with Crippen molar-refractivity contribution < 1.29 is 77.2 Å². The Labute approximate surface area is 359 Å². The van der Waals surface area contributed by atoms with Gasteiger partial charge in [-0.2, -0.15) is 0 Å². The number of carbonyl (C=O) groups is 5. The normalized spacial score (nSPS) is 16.6. The molecule has 2 heterocycles. The average Bonchev–Trinajstić information content (AvgIpc) is 3.76. The molecule has 0 saturated carbocycles. The van der Waals surface area contributed by atoms with Crippen molar-refractivity contribution in [1.82, 2.24) is 29.8 Å². The molecule has 0 aromatic rings. The third-order valence-corrected chi connectivity index (χ3v) is 9.47. The second kappa shape index (κ2) is 36.4. The topological polar surface area (TPSA) is 248 Å². The standard InChI is InChI=1S/C39H72N6O16/c46-35(31-41-7-9-42(32-37(48)49)11-13-44(34-39(52)53)14-12-43(10-8-41)33-38(50)51)40-4-16-55-18-20-57-22-24-59-26-28-61-30-29-60-27-25-58-23-21-56-19-17-54-15-3-36(47)45-5-1-2-6-45/h1-34H2,(H,40,46)(H,48,49)(H,50,51)(H,52,53). The van der Waals surface area contributed by atoms with Crippen LogP contribution < -0.4 is 5.32 Å². The van der Waals surface area contributed by atoms with Gasteiger partial charge in [0.2, 0.25) is 11.8 Å². The second-order valence-corrected chi connectivity index (χ2v) is 14.4. The fraction of sp³-hybridized carbons (Fsp3) is 0.872. The minimum atomic E-state index is -1.02. The van der Waals surface area contributed by atoms with Gasteiger partial charge >= 0.3 is 17.9 Å². The Balaban J connectivity index is 1.39. The Bertz CT molecular complexity index is 1150. The van der Waals surface area contributed by atoms with Crippen LogP contribution in [0.4, 0.5) is 0 Å². The van der Waals surface area contributed by atoms with Crippen molar-refractivity contribution in [1.29, 1.82) is 0 Å². The van der Waals surface area contributed by atoms with Crippen molar-refractivity contribution in [3.05, 3.63) is 0 Å². The van der Waals surface area contributed by atoms with E-state index >= 15 is 0 Å². The van der Waals surface area contributed by atoms with Gasteiger partial charge in [0, 0.05) is 72.0 Å². The fourth-order valence-corrected chi connectivity index (χ4v) is 6.23. The number of nitrogens with zero attached hydrogens (tertiary/aromatic N) is 5. The Morgan fingerprint density at radius 1 is 0.377 bits per heavy atom. The van der Waals surface area contributed by atoms with Crippen molar-refractivity contribution in [2.45, 2.75) is 19.3 Å². The Kier molecular flexibility index (Phi) is 32.2. The lowest BCUT2D eigenvalue weighted by Crippen LogP contribution is -2.50. The van der Waals surface area contributed by atoms with Gasteiger partial charge in [0.15, 0.2) is 0 Å². The molecule has 22 nitrogen and oxygen atoms in total. The lowest BCUT2D eigenvalue weighted by Gasteiger charge is -2.32. The summed E-state index contributed by atoms with van der Waals surface area (Å²) >= 11 is 0. The highest BCUT2D eigenvalue weighted by molar-refractivity contribution is 5.78. The van der Waals surface area contributed by atoms with E-state index in [2.05, 4.69) is 5.32 Å². The summed E-state index contributed by atoms with van der Waals surface area (Å²) in [4.78, 5) is 67.8. The van der Waals surface area contributed by atoms with E-state index in [-0.39, 0.29) is 51.1 Å². The zero-order chi connectivity index (χ0) is 44.2. The predicted octanol–water partition coefficient (Wildman–Crippen LogP) is -2.28. The van der Waals surface area contributed by atoms with Crippen LogP contribution in [-0.2, 0) is 61.9 Å². The molecule has 4 N–H and O–H groups in total. The molecule has 354 valence electrons. The number of nitrogens with one attached hydrogen (secondary N) is 1. The van der Waals surface area contributed by atoms with Crippen LogP contribution in [0.25, 0.3) is 0 Å². The molecular weight excluding hydrogens is 808 g/mol. The zero-order valence-electron chi connectivity index (χ0n) is 35.9. The van der Waals surface area contributed by atoms with Crippen molar-refractivity contribution in [2.24, 2.45) is 0 Å². The van der Waals surface area contributed by atoms with Crippen LogP contribution in [-0.4, -0.2) is 273 Å². The van der Waals surface area contributed by atoms with Crippen molar-refractivity contribution in [3.8, 4) is 0 Å². The van der Waals surface area contributed by atoms with E-state index in [4.69, 9.17) is 37.9 Å². The molecule has 0 aromatic heterocycles. The number of hydrogen-bond donors (Lipinski definition) is 4. The number of amides is 2. The van der Waals surface area contributed by atoms with Crippen molar-refractivity contribution in [3.63, 3.8) is 0 Å². The number of hydrogen-bond acceptors (Lipinski definition) is 17. The SMILES string of the molecule is O=C(O)CN1CCN(CC(=O)O)CCN(CC(=O)NCCOCCOCCOCCOCCOCCOCCOCCOCCC(=O)N2CCCC2)CCN(CC(=O)O)CC1. The first-order chi connectivity index (χ1) is 29.6. The van der Waals surface area contributed by atoms with Crippen LogP contribution in [0, 0.1) is 0 Å². The predicted molar refractivity (Wildman–Crippen MR) is 219 cm³/mol. The molecule has 2 aliphatic rings. The highest BCUT2D eigenvalue weighted by Gasteiger charge is 2.21. The molecular formula is C39H72N6O16. The molecule has 0 aliphatic carbocycles. The van der Waals surface area contributed by atoms with Gasteiger partial charge in [0.25, 0.3) is 0 Å². The second-order valence-electron chi connectivity index (χ2n) is 14.4. The minimum Gasteiger partial charge on any atom is -0.480 e. The van der Waals surface area contributed by atoms with E-state index in [1.807, 2.05) is 9.80 Å². The monoisotopic (exact) mass is 881 g/mol. The molecule has 2 aliphatic heterocycles. The van der Waals surface area contributed by atoms with Crippen LogP contribution in [0.1, 0.15) is 19.3 Å². The van der Waals surface area contributed by atoms with E-state index in [9.17, 15) is 39.3 Å². The number of likely N-dealkylation sites (tertiary alicyclic amines) is 1. The van der Waals surface area contributed by atoms with Gasteiger partial charge in [-0.25, -0.2) is 0 Å². The first kappa shape index (κ1) is 54.0. The molecule has 2 fully saturated rings. The zero-order valence-corrected chi connectivity index (χ0v) is 35.9. The van der Waals surface area contributed by atoms with Gasteiger partial charge in [0.05, 0.1) is 138 Å². The molecule has 0 aromatic carbocycles.